The van der Waals surface area contributed by atoms with E-state index in [1.165, 1.54) is 5.56 Å². The van der Waals surface area contributed by atoms with Crippen LogP contribution >= 0.6 is 0 Å². The van der Waals surface area contributed by atoms with Gasteiger partial charge < -0.3 is 10.5 Å². The van der Waals surface area contributed by atoms with Crippen molar-refractivity contribution in [2.75, 3.05) is 7.11 Å². The largest absolute Gasteiger partial charge is 0.373 e. The van der Waals surface area contributed by atoms with E-state index in [4.69, 9.17) is 10.5 Å². The van der Waals surface area contributed by atoms with E-state index in [-0.39, 0.29) is 12.1 Å². The molecule has 0 spiro atoms. The highest BCUT2D eigenvalue weighted by Crippen LogP contribution is 2.30. The summed E-state index contributed by atoms with van der Waals surface area (Å²) in [4.78, 5) is 0. The van der Waals surface area contributed by atoms with Gasteiger partial charge in [0.1, 0.15) is 6.10 Å². The lowest BCUT2D eigenvalue weighted by molar-refractivity contribution is 0.139. The molecule has 1 aromatic rings. The number of rotatable bonds is 1. The Morgan fingerprint density at radius 3 is 2.54 bits per heavy atom. The lowest BCUT2D eigenvalue weighted by Gasteiger charge is -2.23. The summed E-state index contributed by atoms with van der Waals surface area (Å²) in [6, 6.07) is 8.14. The van der Waals surface area contributed by atoms with Crippen molar-refractivity contribution in [1.29, 1.82) is 0 Å². The van der Waals surface area contributed by atoms with Gasteiger partial charge in [0.05, 0.1) is 0 Å². The maximum Gasteiger partial charge on any atom is 0.101 e. The molecule has 0 saturated heterocycles. The first-order valence-corrected chi connectivity index (χ1v) is 4.38. The molecule has 68 valence electrons. The smallest absolute Gasteiger partial charge is 0.101 e. The summed E-state index contributed by atoms with van der Waals surface area (Å²) in [6.07, 6.45) is 4.06. The van der Waals surface area contributed by atoms with E-state index in [1.807, 2.05) is 24.3 Å². The molecule has 0 saturated carbocycles. The molecule has 2 rings (SSSR count). The molecule has 2 atom stereocenters. The summed E-state index contributed by atoms with van der Waals surface area (Å²) in [5, 5.41) is 0. The standard InChI is InChI=1S/C11H13NO/c1-13-11-7-6-10(12)8-4-2-3-5-9(8)11/h2-7,10-11H,12H2,1H3. The molecule has 2 heteroatoms. The molecule has 0 aliphatic heterocycles. The first-order chi connectivity index (χ1) is 6.33. The number of ether oxygens (including phenoxy) is 1. The van der Waals surface area contributed by atoms with E-state index in [9.17, 15) is 0 Å². The number of fused-ring (bicyclic) bond motifs is 1. The monoisotopic (exact) mass is 175 g/mol. The van der Waals surface area contributed by atoms with Gasteiger partial charge in [-0.05, 0) is 11.1 Å². The molecular formula is C11H13NO. The van der Waals surface area contributed by atoms with Crippen molar-refractivity contribution < 1.29 is 4.74 Å². The number of hydrogen-bond donors (Lipinski definition) is 1. The van der Waals surface area contributed by atoms with E-state index in [0.717, 1.165) is 5.56 Å². The van der Waals surface area contributed by atoms with Gasteiger partial charge in [-0.25, -0.2) is 0 Å². The van der Waals surface area contributed by atoms with Crippen LogP contribution in [0.15, 0.2) is 36.4 Å². The Morgan fingerprint density at radius 2 is 1.85 bits per heavy atom. The van der Waals surface area contributed by atoms with Gasteiger partial charge in [-0.3, -0.25) is 0 Å². The fourth-order valence-corrected chi connectivity index (χ4v) is 1.71. The minimum Gasteiger partial charge on any atom is -0.373 e. The third-order valence-electron chi connectivity index (χ3n) is 2.41. The van der Waals surface area contributed by atoms with E-state index in [2.05, 4.69) is 12.1 Å². The highest BCUT2D eigenvalue weighted by atomic mass is 16.5. The maximum absolute atomic E-state index is 5.92. The van der Waals surface area contributed by atoms with Crippen LogP contribution < -0.4 is 5.73 Å². The Hall–Kier alpha value is -1.12. The lowest BCUT2D eigenvalue weighted by Crippen LogP contribution is -2.16. The van der Waals surface area contributed by atoms with Crippen LogP contribution in [0.3, 0.4) is 0 Å². The summed E-state index contributed by atoms with van der Waals surface area (Å²) in [6.45, 7) is 0. The van der Waals surface area contributed by atoms with Crippen molar-refractivity contribution in [2.24, 2.45) is 5.73 Å². The molecule has 13 heavy (non-hydrogen) atoms. The zero-order valence-corrected chi connectivity index (χ0v) is 7.60. The minimum absolute atomic E-state index is 0.0163. The number of methoxy groups -OCH3 is 1. The summed E-state index contributed by atoms with van der Waals surface area (Å²) in [5.41, 5.74) is 8.27. The fourth-order valence-electron chi connectivity index (χ4n) is 1.71. The molecule has 0 fully saturated rings. The van der Waals surface area contributed by atoms with Crippen LogP contribution in [0.4, 0.5) is 0 Å². The Morgan fingerprint density at radius 1 is 1.15 bits per heavy atom. The highest BCUT2D eigenvalue weighted by molar-refractivity contribution is 5.39. The van der Waals surface area contributed by atoms with Gasteiger partial charge in [0.2, 0.25) is 0 Å². The van der Waals surface area contributed by atoms with Crippen molar-refractivity contribution in [3.63, 3.8) is 0 Å². The molecule has 0 bridgehead atoms. The van der Waals surface area contributed by atoms with E-state index < -0.39 is 0 Å². The number of hydrogen-bond acceptors (Lipinski definition) is 2. The first-order valence-electron chi connectivity index (χ1n) is 4.38. The molecular weight excluding hydrogens is 162 g/mol. The summed E-state index contributed by atoms with van der Waals surface area (Å²) < 4.78 is 5.32. The van der Waals surface area contributed by atoms with Crippen molar-refractivity contribution >= 4 is 0 Å². The molecule has 0 heterocycles. The average molecular weight is 175 g/mol. The van der Waals surface area contributed by atoms with Crippen LogP contribution in [-0.2, 0) is 4.74 Å². The van der Waals surface area contributed by atoms with Crippen LogP contribution in [0.25, 0.3) is 0 Å². The Bertz CT molecular complexity index is 333. The molecule has 1 aliphatic carbocycles. The molecule has 0 aromatic heterocycles. The van der Waals surface area contributed by atoms with E-state index in [0.29, 0.717) is 0 Å². The second-order valence-electron chi connectivity index (χ2n) is 3.20. The van der Waals surface area contributed by atoms with Gasteiger partial charge in [-0.1, -0.05) is 36.4 Å². The lowest BCUT2D eigenvalue weighted by atomic mass is 9.92. The minimum atomic E-state index is 0.0163. The summed E-state index contributed by atoms with van der Waals surface area (Å²) >= 11 is 0. The van der Waals surface area contributed by atoms with Crippen LogP contribution in [0.1, 0.15) is 23.3 Å². The normalized spacial score (nSPS) is 25.7. The van der Waals surface area contributed by atoms with Gasteiger partial charge in [0.25, 0.3) is 0 Å². The van der Waals surface area contributed by atoms with Crippen LogP contribution in [-0.4, -0.2) is 7.11 Å². The zero-order valence-electron chi connectivity index (χ0n) is 7.60. The SMILES string of the molecule is COC1C=CC(N)c2ccccc21. The predicted octanol–water partition coefficient (Wildman–Crippen LogP) is 1.94. The molecule has 1 aromatic carbocycles. The molecule has 2 nitrogen and oxygen atoms in total. The quantitative estimate of drug-likeness (QED) is 0.662. The van der Waals surface area contributed by atoms with Crippen molar-refractivity contribution in [1.82, 2.24) is 0 Å². The topological polar surface area (TPSA) is 35.2 Å². The summed E-state index contributed by atoms with van der Waals surface area (Å²) in [5.74, 6) is 0. The van der Waals surface area contributed by atoms with E-state index in [1.54, 1.807) is 7.11 Å². The van der Waals surface area contributed by atoms with E-state index >= 15 is 0 Å². The average Bonchev–Trinajstić information content (AvgIpc) is 2.19. The Kier molecular flexibility index (Phi) is 2.17. The van der Waals surface area contributed by atoms with Gasteiger partial charge >= 0.3 is 0 Å². The van der Waals surface area contributed by atoms with Crippen LogP contribution in [0.2, 0.25) is 0 Å². The third kappa shape index (κ3) is 1.39. The maximum atomic E-state index is 5.92. The second kappa shape index (κ2) is 3.32. The Labute approximate surface area is 78.0 Å². The summed E-state index contributed by atoms with van der Waals surface area (Å²) in [7, 11) is 1.71. The van der Waals surface area contributed by atoms with Gasteiger partial charge in [0.15, 0.2) is 0 Å². The Balaban J connectivity index is 2.48. The van der Waals surface area contributed by atoms with Crippen LogP contribution in [0, 0.1) is 0 Å². The van der Waals surface area contributed by atoms with Crippen molar-refractivity contribution in [2.45, 2.75) is 12.1 Å². The van der Waals surface area contributed by atoms with Gasteiger partial charge in [-0.15, -0.1) is 0 Å². The van der Waals surface area contributed by atoms with Crippen LogP contribution in [0.5, 0.6) is 0 Å². The molecule has 2 N–H and O–H groups in total. The molecule has 1 aliphatic rings. The van der Waals surface area contributed by atoms with Crippen molar-refractivity contribution in [3.8, 4) is 0 Å². The van der Waals surface area contributed by atoms with Crippen molar-refractivity contribution in [3.05, 3.63) is 47.5 Å². The van der Waals surface area contributed by atoms with Gasteiger partial charge in [-0.2, -0.15) is 0 Å². The molecule has 0 amide bonds. The number of benzene rings is 1. The van der Waals surface area contributed by atoms with Gasteiger partial charge in [0, 0.05) is 13.2 Å². The first kappa shape index (κ1) is 8.48. The molecule has 2 unspecified atom stereocenters. The second-order valence-corrected chi connectivity index (χ2v) is 3.20. The molecule has 0 radical (unpaired) electrons. The zero-order chi connectivity index (χ0) is 9.26. The number of nitrogens with two attached hydrogens (primary N) is 1. The highest BCUT2D eigenvalue weighted by Gasteiger charge is 2.18. The predicted molar refractivity (Wildman–Crippen MR) is 52.3 cm³/mol. The fraction of sp³-hybridized carbons (Fsp3) is 0.273. The third-order valence-corrected chi connectivity index (χ3v) is 2.41.